The number of fused-ring (bicyclic) bond motifs is 1. The van der Waals surface area contributed by atoms with Crippen molar-refractivity contribution in [3.63, 3.8) is 0 Å². The topological polar surface area (TPSA) is 58.2 Å². The lowest BCUT2D eigenvalue weighted by Gasteiger charge is -2.22. The predicted octanol–water partition coefficient (Wildman–Crippen LogP) is 1.76. The summed E-state index contributed by atoms with van der Waals surface area (Å²) in [4.78, 5) is 14.2. The summed E-state index contributed by atoms with van der Waals surface area (Å²) in [6.45, 7) is 0.835. The highest BCUT2D eigenvalue weighted by molar-refractivity contribution is 5.97. The van der Waals surface area contributed by atoms with E-state index in [1.54, 1.807) is 23.2 Å². The summed E-state index contributed by atoms with van der Waals surface area (Å²) in [7, 11) is 0. The number of rotatable bonds is 2. The van der Waals surface area contributed by atoms with Crippen molar-refractivity contribution >= 4 is 16.8 Å². The fourth-order valence-electron chi connectivity index (χ4n) is 2.43. The first kappa shape index (κ1) is 13.1. The van der Waals surface area contributed by atoms with Crippen LogP contribution in [-0.2, 0) is 4.74 Å². The molecule has 0 bridgehead atoms. The molecular weight excluding hydrogens is 261 g/mol. The van der Waals surface area contributed by atoms with Crippen molar-refractivity contribution in [3.05, 3.63) is 30.0 Å². The lowest BCUT2D eigenvalue weighted by atomic mass is 10.1. The second kappa shape index (κ2) is 5.58. The lowest BCUT2D eigenvalue weighted by molar-refractivity contribution is 0.0342. The van der Waals surface area contributed by atoms with Crippen molar-refractivity contribution in [2.75, 3.05) is 26.4 Å². The second-order valence-corrected chi connectivity index (χ2v) is 4.92. The van der Waals surface area contributed by atoms with E-state index in [9.17, 15) is 9.18 Å². The Labute approximate surface area is 115 Å². The van der Waals surface area contributed by atoms with E-state index >= 15 is 0 Å². The molecule has 1 saturated heterocycles. The third-order valence-corrected chi connectivity index (χ3v) is 3.50. The van der Waals surface area contributed by atoms with Crippen molar-refractivity contribution in [3.8, 4) is 0 Å². The van der Waals surface area contributed by atoms with Crippen LogP contribution in [0.3, 0.4) is 0 Å². The quantitative estimate of drug-likeness (QED) is 0.910. The van der Waals surface area contributed by atoms with E-state index in [2.05, 4.69) is 10.2 Å². The fourth-order valence-corrected chi connectivity index (χ4v) is 2.43. The van der Waals surface area contributed by atoms with E-state index in [4.69, 9.17) is 4.74 Å². The Kier molecular flexibility index (Phi) is 3.64. The van der Waals surface area contributed by atoms with Crippen molar-refractivity contribution in [2.24, 2.45) is 0 Å². The Morgan fingerprint density at radius 2 is 2.45 bits per heavy atom. The fraction of sp³-hybridized carbons (Fsp3) is 0.429. The normalized spacial score (nSPS) is 20.1. The molecule has 3 rings (SSSR count). The van der Waals surface area contributed by atoms with E-state index < -0.39 is 12.8 Å². The number of amides is 1. The molecule has 1 amide bonds. The maximum Gasteiger partial charge on any atom is 0.253 e. The van der Waals surface area contributed by atoms with Gasteiger partial charge in [-0.2, -0.15) is 5.10 Å². The van der Waals surface area contributed by atoms with Crippen LogP contribution in [0.4, 0.5) is 4.39 Å². The van der Waals surface area contributed by atoms with Crippen LogP contribution >= 0.6 is 0 Å². The molecule has 106 valence electrons. The Hall–Kier alpha value is -1.95. The van der Waals surface area contributed by atoms with Crippen LogP contribution in [0.25, 0.3) is 10.9 Å². The smallest absolute Gasteiger partial charge is 0.253 e. The van der Waals surface area contributed by atoms with Gasteiger partial charge in [-0.05, 0) is 24.6 Å². The van der Waals surface area contributed by atoms with Crippen LogP contribution in [0.2, 0.25) is 0 Å². The molecule has 6 heteroatoms. The van der Waals surface area contributed by atoms with Crippen LogP contribution in [0.5, 0.6) is 0 Å². The average molecular weight is 277 g/mol. The third-order valence-electron chi connectivity index (χ3n) is 3.50. The molecule has 0 radical (unpaired) electrons. The SMILES string of the molecule is O=C(c1ccc2[nH]ncc2c1)N1CCCOC(CF)C1. The van der Waals surface area contributed by atoms with Gasteiger partial charge in [0.05, 0.1) is 11.7 Å². The van der Waals surface area contributed by atoms with E-state index in [0.29, 0.717) is 25.3 Å². The van der Waals surface area contributed by atoms with Crippen LogP contribution < -0.4 is 0 Å². The standard InChI is InChI=1S/C14H16FN3O2/c15-7-12-9-18(4-1-5-20-12)14(19)10-2-3-13-11(6-10)8-16-17-13/h2-3,6,8,12H,1,4-5,7,9H2,(H,16,17). The van der Waals surface area contributed by atoms with Gasteiger partial charge in [-0.1, -0.05) is 0 Å². The Morgan fingerprint density at radius 3 is 3.30 bits per heavy atom. The van der Waals surface area contributed by atoms with E-state index in [-0.39, 0.29) is 5.91 Å². The molecule has 1 N–H and O–H groups in total. The molecule has 2 heterocycles. The molecule has 20 heavy (non-hydrogen) atoms. The number of carbonyl (C=O) groups is 1. The van der Waals surface area contributed by atoms with Crippen LogP contribution in [0.1, 0.15) is 16.8 Å². The zero-order chi connectivity index (χ0) is 13.9. The van der Waals surface area contributed by atoms with Gasteiger partial charge in [0, 0.05) is 30.6 Å². The average Bonchev–Trinajstić information content (AvgIpc) is 2.81. The van der Waals surface area contributed by atoms with Crippen LogP contribution in [0.15, 0.2) is 24.4 Å². The minimum absolute atomic E-state index is 0.0861. The molecule has 1 fully saturated rings. The predicted molar refractivity (Wildman–Crippen MR) is 72.3 cm³/mol. The van der Waals surface area contributed by atoms with Crippen molar-refractivity contribution in [1.82, 2.24) is 15.1 Å². The Bertz CT molecular complexity index is 613. The highest BCUT2D eigenvalue weighted by atomic mass is 19.1. The minimum atomic E-state index is -0.565. The highest BCUT2D eigenvalue weighted by Crippen LogP contribution is 2.16. The number of hydrogen-bond donors (Lipinski definition) is 1. The molecule has 5 nitrogen and oxygen atoms in total. The number of benzene rings is 1. The first-order valence-electron chi connectivity index (χ1n) is 6.68. The molecule has 1 aromatic heterocycles. The number of H-pyrrole nitrogens is 1. The van der Waals surface area contributed by atoms with E-state index in [1.165, 1.54) is 0 Å². The number of hydrogen-bond acceptors (Lipinski definition) is 3. The van der Waals surface area contributed by atoms with Crippen LogP contribution in [0, 0.1) is 0 Å². The molecule has 1 aliphatic rings. The Morgan fingerprint density at radius 1 is 1.55 bits per heavy atom. The zero-order valence-corrected chi connectivity index (χ0v) is 11.0. The van der Waals surface area contributed by atoms with Crippen molar-refractivity contribution in [2.45, 2.75) is 12.5 Å². The molecule has 2 aromatic rings. The van der Waals surface area contributed by atoms with Crippen LogP contribution in [-0.4, -0.2) is 53.5 Å². The van der Waals surface area contributed by atoms with Gasteiger partial charge in [0.2, 0.25) is 0 Å². The summed E-state index contributed by atoms with van der Waals surface area (Å²) in [6.07, 6.45) is 1.90. The summed E-state index contributed by atoms with van der Waals surface area (Å²) in [5.41, 5.74) is 1.49. The summed E-state index contributed by atoms with van der Waals surface area (Å²) in [6, 6.07) is 5.40. The summed E-state index contributed by atoms with van der Waals surface area (Å²) < 4.78 is 18.1. The largest absolute Gasteiger partial charge is 0.374 e. The summed E-state index contributed by atoms with van der Waals surface area (Å²) >= 11 is 0. The first-order chi connectivity index (χ1) is 9.78. The van der Waals surface area contributed by atoms with Gasteiger partial charge in [-0.15, -0.1) is 0 Å². The van der Waals surface area contributed by atoms with E-state index in [0.717, 1.165) is 17.3 Å². The van der Waals surface area contributed by atoms with Gasteiger partial charge in [0.1, 0.15) is 12.8 Å². The molecule has 0 saturated carbocycles. The number of aromatic nitrogens is 2. The molecule has 1 unspecified atom stereocenters. The van der Waals surface area contributed by atoms with Crippen molar-refractivity contribution < 1.29 is 13.9 Å². The number of aromatic amines is 1. The van der Waals surface area contributed by atoms with Gasteiger partial charge >= 0.3 is 0 Å². The number of ether oxygens (including phenoxy) is 1. The monoisotopic (exact) mass is 277 g/mol. The minimum Gasteiger partial charge on any atom is -0.374 e. The highest BCUT2D eigenvalue weighted by Gasteiger charge is 2.23. The number of alkyl halides is 1. The van der Waals surface area contributed by atoms with Gasteiger partial charge in [0.25, 0.3) is 5.91 Å². The first-order valence-corrected chi connectivity index (χ1v) is 6.68. The molecule has 0 spiro atoms. The number of halogens is 1. The molecule has 1 atom stereocenters. The summed E-state index contributed by atoms with van der Waals surface area (Å²) in [5, 5.41) is 7.67. The zero-order valence-electron chi connectivity index (χ0n) is 11.0. The van der Waals surface area contributed by atoms with Gasteiger partial charge < -0.3 is 9.64 Å². The van der Waals surface area contributed by atoms with Gasteiger partial charge in [-0.3, -0.25) is 9.89 Å². The molecular formula is C14H16FN3O2. The maximum absolute atomic E-state index is 12.8. The van der Waals surface area contributed by atoms with Crippen molar-refractivity contribution in [1.29, 1.82) is 0 Å². The third kappa shape index (κ3) is 2.51. The number of nitrogens with zero attached hydrogens (tertiary/aromatic N) is 2. The number of nitrogens with one attached hydrogen (secondary N) is 1. The van der Waals surface area contributed by atoms with Gasteiger partial charge in [0.15, 0.2) is 0 Å². The van der Waals surface area contributed by atoms with E-state index in [1.807, 2.05) is 6.07 Å². The lowest BCUT2D eigenvalue weighted by Crippen LogP contribution is -2.37. The number of carbonyl (C=O) groups excluding carboxylic acids is 1. The maximum atomic E-state index is 12.8. The Balaban J connectivity index is 1.82. The molecule has 1 aromatic carbocycles. The summed E-state index contributed by atoms with van der Waals surface area (Å²) in [5.74, 6) is -0.0861. The molecule has 0 aliphatic carbocycles. The van der Waals surface area contributed by atoms with Gasteiger partial charge in [-0.25, -0.2) is 4.39 Å². The molecule has 1 aliphatic heterocycles. The second-order valence-electron chi connectivity index (χ2n) is 4.92.